The molecule has 0 radical (unpaired) electrons. The van der Waals surface area contributed by atoms with Gasteiger partial charge in [0.15, 0.2) is 8.32 Å². The Morgan fingerprint density at radius 2 is 1.70 bits per heavy atom. The van der Waals surface area contributed by atoms with Crippen molar-refractivity contribution in [2.75, 3.05) is 11.5 Å². The Labute approximate surface area is 220 Å². The van der Waals surface area contributed by atoms with Crippen LogP contribution in [0, 0.1) is 29.6 Å². The summed E-state index contributed by atoms with van der Waals surface area (Å²) >= 11 is 0. The Morgan fingerprint density at radius 3 is 2.43 bits per heavy atom. The van der Waals surface area contributed by atoms with E-state index >= 15 is 0 Å². The van der Waals surface area contributed by atoms with Crippen molar-refractivity contribution in [1.82, 2.24) is 0 Å². The summed E-state index contributed by atoms with van der Waals surface area (Å²) in [5.74, 6) is 13.3. The van der Waals surface area contributed by atoms with Gasteiger partial charge in [0.1, 0.15) is 23.5 Å². The second kappa shape index (κ2) is 9.54. The smallest absolute Gasteiger partial charge is 0.417 e. The zero-order chi connectivity index (χ0) is 26.3. The number of ether oxygens (including phenoxy) is 2. The number of fused-ring (bicyclic) bond motifs is 1. The van der Waals surface area contributed by atoms with Gasteiger partial charge >= 0.3 is 6.09 Å². The van der Waals surface area contributed by atoms with Gasteiger partial charge in [-0.25, -0.2) is 4.79 Å². The summed E-state index contributed by atoms with van der Waals surface area (Å²) in [4.78, 5) is 15.2. The Kier molecular flexibility index (Phi) is 6.54. The van der Waals surface area contributed by atoms with Crippen LogP contribution in [0.3, 0.4) is 0 Å². The van der Waals surface area contributed by atoms with E-state index in [-0.39, 0.29) is 17.1 Å². The van der Waals surface area contributed by atoms with Gasteiger partial charge in [-0.1, -0.05) is 80.9 Å². The number of amides is 1. The van der Waals surface area contributed by atoms with E-state index < -0.39 is 26.1 Å². The van der Waals surface area contributed by atoms with Crippen LogP contribution in [0.5, 0.6) is 5.75 Å². The van der Waals surface area contributed by atoms with Crippen LogP contribution in [0.4, 0.5) is 10.5 Å². The molecule has 4 atom stereocenters. The first-order valence-corrected chi connectivity index (χ1v) is 15.7. The maximum atomic E-state index is 13.5. The Morgan fingerprint density at radius 1 is 1.03 bits per heavy atom. The predicted molar refractivity (Wildman–Crippen MR) is 148 cm³/mol. The third-order valence-corrected chi connectivity index (χ3v) is 12.5. The minimum absolute atomic E-state index is 0.109. The fraction of sp³-hybridized carbons (Fsp3) is 0.387. The zero-order valence-corrected chi connectivity index (χ0v) is 23.1. The van der Waals surface area contributed by atoms with Crippen molar-refractivity contribution >= 4 is 20.1 Å². The van der Waals surface area contributed by atoms with E-state index in [1.807, 2.05) is 42.5 Å². The molecular weight excluding hydrogens is 478 g/mol. The third kappa shape index (κ3) is 4.62. The van der Waals surface area contributed by atoms with E-state index in [9.17, 15) is 4.79 Å². The topological polar surface area (TPSA) is 51.3 Å². The summed E-state index contributed by atoms with van der Waals surface area (Å²) in [6.07, 6.45) is 3.44. The standard InChI is InChI=1S/C31H33NO4Si/c1-30(2,3)37(4,5)34-22-21-23-15-9-6-7-12-20-27-28-31(23,36-28)25-18-13-14-19-26(25)32(27)29(33)35-24-16-10-8-11-17-24/h6-8,10-11,13-14,16-19,23,27-28H,21-22H2,1-5H3/b7-6+/t23-,27-,28-,31+/m0/s1. The fourth-order valence-corrected chi connectivity index (χ4v) is 5.92. The highest BCUT2D eigenvalue weighted by Crippen LogP contribution is 2.61. The third-order valence-electron chi connectivity index (χ3n) is 7.91. The lowest BCUT2D eigenvalue weighted by molar-refractivity contribution is 0.204. The maximum absolute atomic E-state index is 13.5. The van der Waals surface area contributed by atoms with Crippen molar-refractivity contribution in [2.24, 2.45) is 5.92 Å². The molecule has 1 saturated heterocycles. The minimum Gasteiger partial charge on any atom is -0.417 e. The molecule has 3 aliphatic rings. The molecule has 0 saturated carbocycles. The Hall–Kier alpha value is -3.29. The number of carbonyl (C=O) groups is 1. The van der Waals surface area contributed by atoms with Gasteiger partial charge in [-0.2, -0.15) is 0 Å². The lowest BCUT2D eigenvalue weighted by atomic mass is 9.76. The first-order valence-electron chi connectivity index (χ1n) is 12.8. The molecule has 190 valence electrons. The van der Waals surface area contributed by atoms with Crippen molar-refractivity contribution in [1.29, 1.82) is 0 Å². The number of rotatable bonds is 5. The zero-order valence-electron chi connectivity index (χ0n) is 22.1. The monoisotopic (exact) mass is 511 g/mol. The number of allylic oxidation sites excluding steroid dienone is 2. The van der Waals surface area contributed by atoms with Gasteiger partial charge < -0.3 is 13.9 Å². The second-order valence-electron chi connectivity index (χ2n) is 11.2. The van der Waals surface area contributed by atoms with Crippen molar-refractivity contribution in [3.8, 4) is 29.4 Å². The lowest BCUT2D eigenvalue weighted by Gasteiger charge is -2.38. The second-order valence-corrected chi connectivity index (χ2v) is 16.0. The van der Waals surface area contributed by atoms with Gasteiger partial charge in [0.25, 0.3) is 0 Å². The molecule has 5 nitrogen and oxygen atoms in total. The van der Waals surface area contributed by atoms with Crippen molar-refractivity contribution in [3.63, 3.8) is 0 Å². The highest BCUT2D eigenvalue weighted by Gasteiger charge is 2.70. The van der Waals surface area contributed by atoms with Crippen molar-refractivity contribution < 1.29 is 18.7 Å². The Bertz CT molecular complexity index is 1340. The van der Waals surface area contributed by atoms with E-state index in [0.29, 0.717) is 12.4 Å². The summed E-state index contributed by atoms with van der Waals surface area (Å²) in [5, 5.41) is 0.131. The van der Waals surface area contributed by atoms with Crippen LogP contribution < -0.4 is 9.64 Å². The van der Waals surface area contributed by atoms with E-state index in [1.165, 1.54) is 0 Å². The fourth-order valence-electron chi connectivity index (χ4n) is 4.86. The molecule has 0 spiro atoms. The quantitative estimate of drug-likeness (QED) is 0.270. The van der Waals surface area contributed by atoms with Gasteiger partial charge in [0.05, 0.1) is 11.6 Å². The molecule has 1 aliphatic carbocycles. The summed E-state index contributed by atoms with van der Waals surface area (Å²) in [6.45, 7) is 11.9. The van der Waals surface area contributed by atoms with Crippen molar-refractivity contribution in [2.45, 2.75) is 63.1 Å². The van der Waals surface area contributed by atoms with Crippen LogP contribution in [0.1, 0.15) is 32.8 Å². The number of benzene rings is 2. The molecule has 2 aromatic carbocycles. The molecule has 0 unspecified atom stereocenters. The molecule has 2 heterocycles. The summed E-state index contributed by atoms with van der Waals surface area (Å²) < 4.78 is 18.8. The van der Waals surface area contributed by atoms with Crippen LogP contribution in [0.2, 0.25) is 18.1 Å². The molecule has 6 heteroatoms. The van der Waals surface area contributed by atoms with Crippen LogP contribution in [-0.4, -0.2) is 33.2 Å². The first-order chi connectivity index (χ1) is 17.6. The van der Waals surface area contributed by atoms with E-state index in [0.717, 1.165) is 17.7 Å². The number of anilines is 1. The molecule has 0 aromatic heterocycles. The lowest BCUT2D eigenvalue weighted by Crippen LogP contribution is -2.51. The molecular formula is C31H33NO4Si. The van der Waals surface area contributed by atoms with Crippen LogP contribution in [-0.2, 0) is 14.8 Å². The molecule has 5 rings (SSSR count). The summed E-state index contributed by atoms with van der Waals surface area (Å²) in [7, 11) is -1.90. The molecule has 2 aliphatic heterocycles. The van der Waals surface area contributed by atoms with Crippen LogP contribution >= 0.6 is 0 Å². The van der Waals surface area contributed by atoms with E-state index in [2.05, 4.69) is 57.5 Å². The number of nitrogens with zero attached hydrogens (tertiary/aromatic N) is 1. The highest BCUT2D eigenvalue weighted by atomic mass is 28.4. The van der Waals surface area contributed by atoms with Gasteiger partial charge in [-0.3, -0.25) is 4.90 Å². The molecule has 2 bridgehead atoms. The largest absolute Gasteiger partial charge is 0.420 e. The van der Waals surface area contributed by atoms with Gasteiger partial charge in [-0.15, -0.1) is 0 Å². The average Bonchev–Trinajstić information content (AvgIpc) is 3.61. The van der Waals surface area contributed by atoms with Gasteiger partial charge in [0, 0.05) is 12.2 Å². The minimum atomic E-state index is -1.90. The molecule has 1 fully saturated rings. The van der Waals surface area contributed by atoms with Gasteiger partial charge in [0.2, 0.25) is 0 Å². The van der Waals surface area contributed by atoms with Crippen molar-refractivity contribution in [3.05, 3.63) is 72.3 Å². The van der Waals surface area contributed by atoms with Crippen LogP contribution in [0.25, 0.3) is 0 Å². The first kappa shape index (κ1) is 25.4. The number of para-hydroxylation sites is 2. The number of epoxide rings is 1. The van der Waals surface area contributed by atoms with E-state index in [1.54, 1.807) is 29.2 Å². The predicted octanol–water partition coefficient (Wildman–Crippen LogP) is 6.27. The maximum Gasteiger partial charge on any atom is 0.420 e. The molecule has 2 aromatic rings. The van der Waals surface area contributed by atoms with Crippen LogP contribution in [0.15, 0.2) is 66.7 Å². The summed E-state index contributed by atoms with van der Waals surface area (Å²) in [5.41, 5.74) is 1.05. The normalized spacial score (nSPS) is 26.3. The number of carbonyl (C=O) groups excluding carboxylic acids is 1. The molecule has 0 N–H and O–H groups in total. The number of hydrogen-bond donors (Lipinski definition) is 0. The number of hydrogen-bond acceptors (Lipinski definition) is 4. The average molecular weight is 512 g/mol. The van der Waals surface area contributed by atoms with E-state index in [4.69, 9.17) is 13.9 Å². The Balaban J connectivity index is 1.50. The summed E-state index contributed by atoms with van der Waals surface area (Å²) in [6, 6.07) is 16.5. The highest BCUT2D eigenvalue weighted by molar-refractivity contribution is 6.74. The van der Waals surface area contributed by atoms with Gasteiger partial charge in [-0.05, 0) is 54.9 Å². The molecule has 1 amide bonds. The molecule has 37 heavy (non-hydrogen) atoms. The SMILES string of the molecule is CC(C)(C)[Si](C)(C)OCC[C@@H]1C#C/C=C/C#C[C@H]2[C@@H]3O[C@@]13c1ccccc1N2C(=O)Oc1ccccc1.